The van der Waals surface area contributed by atoms with Crippen LogP contribution >= 0.6 is 0 Å². The van der Waals surface area contributed by atoms with Crippen LogP contribution in [0.4, 0.5) is 0 Å². The van der Waals surface area contributed by atoms with E-state index >= 15 is 0 Å². The van der Waals surface area contributed by atoms with Crippen LogP contribution in [0.3, 0.4) is 0 Å². The highest BCUT2D eigenvalue weighted by Crippen LogP contribution is 2.24. The minimum absolute atomic E-state index is 0.0652. The van der Waals surface area contributed by atoms with Gasteiger partial charge < -0.3 is 5.32 Å². The van der Waals surface area contributed by atoms with Crippen molar-refractivity contribution >= 4 is 15.9 Å². The fourth-order valence-electron chi connectivity index (χ4n) is 2.91. The number of carbonyl (C=O) groups excluding carboxylic acids is 1. The van der Waals surface area contributed by atoms with Crippen molar-refractivity contribution in [3.05, 3.63) is 30.3 Å². The van der Waals surface area contributed by atoms with Gasteiger partial charge in [-0.25, -0.2) is 8.42 Å². The van der Waals surface area contributed by atoms with E-state index < -0.39 is 10.0 Å². The Kier molecular flexibility index (Phi) is 6.18. The van der Waals surface area contributed by atoms with Gasteiger partial charge in [0.2, 0.25) is 15.9 Å². The zero-order valence-corrected chi connectivity index (χ0v) is 14.7. The summed E-state index contributed by atoms with van der Waals surface area (Å²) in [5.74, 6) is -0.0201. The summed E-state index contributed by atoms with van der Waals surface area (Å²) in [4.78, 5) is 12.6. The zero-order chi connectivity index (χ0) is 16.9. The van der Waals surface area contributed by atoms with Crippen molar-refractivity contribution < 1.29 is 13.2 Å². The Hall–Kier alpha value is -1.40. The molecule has 1 aromatic carbocycles. The van der Waals surface area contributed by atoms with E-state index in [1.807, 2.05) is 0 Å². The van der Waals surface area contributed by atoms with Gasteiger partial charge in [0.05, 0.1) is 4.90 Å². The number of rotatable bonds is 6. The second kappa shape index (κ2) is 7.93. The van der Waals surface area contributed by atoms with Gasteiger partial charge in [-0.15, -0.1) is 0 Å². The maximum absolute atomic E-state index is 12.6. The van der Waals surface area contributed by atoms with E-state index in [9.17, 15) is 13.2 Å². The number of piperidine rings is 1. The number of sulfonamides is 1. The van der Waals surface area contributed by atoms with Crippen molar-refractivity contribution in [1.82, 2.24) is 9.62 Å². The Morgan fingerprint density at radius 3 is 2.26 bits per heavy atom. The number of benzene rings is 1. The molecule has 0 unspecified atom stereocenters. The Labute approximate surface area is 139 Å². The molecule has 1 N–H and O–H groups in total. The molecular weight excluding hydrogens is 312 g/mol. The lowest BCUT2D eigenvalue weighted by Gasteiger charge is -2.31. The Morgan fingerprint density at radius 1 is 1.17 bits per heavy atom. The standard InChI is InChI=1S/C17H26N2O3S/c1-3-15(4-2)18-17(20)14-10-12-19(13-11-14)23(21,22)16-8-6-5-7-9-16/h5-9,14-15H,3-4,10-13H2,1-2H3,(H,18,20). The SMILES string of the molecule is CCC(CC)NC(=O)C1CCN(S(=O)(=O)c2ccccc2)CC1. The lowest BCUT2D eigenvalue weighted by molar-refractivity contribution is -0.126. The Balaban J connectivity index is 1.95. The molecule has 1 saturated heterocycles. The molecule has 1 aromatic rings. The topological polar surface area (TPSA) is 66.5 Å². The number of hydrogen-bond acceptors (Lipinski definition) is 3. The molecule has 0 spiro atoms. The molecule has 0 aliphatic carbocycles. The summed E-state index contributed by atoms with van der Waals surface area (Å²) in [5.41, 5.74) is 0. The van der Waals surface area contributed by atoms with Gasteiger partial charge in [0.25, 0.3) is 0 Å². The maximum atomic E-state index is 12.6. The molecule has 128 valence electrons. The van der Waals surface area contributed by atoms with E-state index in [2.05, 4.69) is 19.2 Å². The molecule has 2 rings (SSSR count). The number of amides is 1. The fourth-order valence-corrected chi connectivity index (χ4v) is 4.40. The van der Waals surface area contributed by atoms with Gasteiger partial charge in [-0.2, -0.15) is 4.31 Å². The van der Waals surface area contributed by atoms with Gasteiger partial charge in [0.1, 0.15) is 0 Å². The average molecular weight is 338 g/mol. The third kappa shape index (κ3) is 4.32. The number of nitrogens with zero attached hydrogens (tertiary/aromatic N) is 1. The van der Waals surface area contributed by atoms with Crippen molar-refractivity contribution in [3.8, 4) is 0 Å². The molecule has 1 amide bonds. The lowest BCUT2D eigenvalue weighted by atomic mass is 9.96. The van der Waals surface area contributed by atoms with Gasteiger partial charge in [0, 0.05) is 25.0 Å². The number of carbonyl (C=O) groups is 1. The van der Waals surface area contributed by atoms with Crippen LogP contribution in [0.5, 0.6) is 0 Å². The molecule has 1 fully saturated rings. The average Bonchev–Trinajstić information content (AvgIpc) is 2.60. The molecule has 23 heavy (non-hydrogen) atoms. The van der Waals surface area contributed by atoms with Gasteiger partial charge in [-0.1, -0.05) is 32.0 Å². The summed E-state index contributed by atoms with van der Waals surface area (Å²) in [6.07, 6.45) is 3.00. The van der Waals surface area contributed by atoms with Crippen LogP contribution in [0.2, 0.25) is 0 Å². The molecule has 0 aromatic heterocycles. The van der Waals surface area contributed by atoms with Gasteiger partial charge >= 0.3 is 0 Å². The molecule has 1 heterocycles. The van der Waals surface area contributed by atoms with Crippen LogP contribution in [0.15, 0.2) is 35.2 Å². The molecule has 0 saturated carbocycles. The van der Waals surface area contributed by atoms with Crippen LogP contribution in [0, 0.1) is 5.92 Å². The van der Waals surface area contributed by atoms with Crippen LogP contribution in [0.1, 0.15) is 39.5 Å². The first kappa shape index (κ1) is 17.9. The molecular formula is C17H26N2O3S. The second-order valence-corrected chi connectivity index (χ2v) is 7.95. The van der Waals surface area contributed by atoms with Gasteiger partial charge in [-0.05, 0) is 37.8 Å². The van der Waals surface area contributed by atoms with Crippen LogP contribution in [-0.2, 0) is 14.8 Å². The normalized spacial score (nSPS) is 17.3. The summed E-state index contributed by atoms with van der Waals surface area (Å²) >= 11 is 0. The molecule has 0 atom stereocenters. The Morgan fingerprint density at radius 2 is 1.74 bits per heavy atom. The predicted molar refractivity (Wildman–Crippen MR) is 90.4 cm³/mol. The van der Waals surface area contributed by atoms with E-state index in [0.29, 0.717) is 30.8 Å². The van der Waals surface area contributed by atoms with Crippen molar-refractivity contribution in [3.63, 3.8) is 0 Å². The van der Waals surface area contributed by atoms with Crippen LogP contribution in [0.25, 0.3) is 0 Å². The van der Waals surface area contributed by atoms with E-state index in [1.165, 1.54) is 4.31 Å². The van der Waals surface area contributed by atoms with Crippen molar-refractivity contribution in [1.29, 1.82) is 0 Å². The van der Waals surface area contributed by atoms with E-state index in [4.69, 9.17) is 0 Å². The third-order valence-electron chi connectivity index (χ3n) is 4.54. The molecule has 1 aliphatic rings. The third-order valence-corrected chi connectivity index (χ3v) is 6.45. The second-order valence-electron chi connectivity index (χ2n) is 6.01. The summed E-state index contributed by atoms with van der Waals surface area (Å²) < 4.78 is 26.6. The fraction of sp³-hybridized carbons (Fsp3) is 0.588. The number of nitrogens with one attached hydrogen (secondary N) is 1. The summed E-state index contributed by atoms with van der Waals surface area (Å²) in [5, 5.41) is 3.06. The quantitative estimate of drug-likeness (QED) is 0.866. The van der Waals surface area contributed by atoms with Gasteiger partial charge in [0.15, 0.2) is 0 Å². The first-order valence-electron chi connectivity index (χ1n) is 8.34. The highest BCUT2D eigenvalue weighted by atomic mass is 32.2. The molecule has 5 nitrogen and oxygen atoms in total. The maximum Gasteiger partial charge on any atom is 0.243 e. The summed E-state index contributed by atoms with van der Waals surface area (Å²) in [7, 11) is -3.44. The zero-order valence-electron chi connectivity index (χ0n) is 13.9. The molecule has 0 bridgehead atoms. The van der Waals surface area contributed by atoms with E-state index in [0.717, 1.165) is 12.8 Å². The largest absolute Gasteiger partial charge is 0.353 e. The van der Waals surface area contributed by atoms with Crippen molar-refractivity contribution in [2.45, 2.75) is 50.5 Å². The first-order valence-corrected chi connectivity index (χ1v) is 9.78. The minimum atomic E-state index is -3.44. The van der Waals surface area contributed by atoms with Crippen LogP contribution in [-0.4, -0.2) is 37.8 Å². The lowest BCUT2D eigenvalue weighted by Crippen LogP contribution is -2.45. The van der Waals surface area contributed by atoms with Crippen molar-refractivity contribution in [2.24, 2.45) is 5.92 Å². The summed E-state index contributed by atoms with van der Waals surface area (Å²) in [6.45, 7) is 4.92. The molecule has 1 aliphatic heterocycles. The number of hydrogen-bond donors (Lipinski definition) is 1. The Bertz CT molecular complexity index is 604. The molecule has 6 heteroatoms. The highest BCUT2D eigenvalue weighted by Gasteiger charge is 2.32. The van der Waals surface area contributed by atoms with Crippen LogP contribution < -0.4 is 5.32 Å². The van der Waals surface area contributed by atoms with E-state index in [1.54, 1.807) is 30.3 Å². The predicted octanol–water partition coefficient (Wildman–Crippen LogP) is 2.39. The van der Waals surface area contributed by atoms with E-state index in [-0.39, 0.29) is 17.9 Å². The monoisotopic (exact) mass is 338 g/mol. The van der Waals surface area contributed by atoms with Gasteiger partial charge in [-0.3, -0.25) is 4.79 Å². The smallest absolute Gasteiger partial charge is 0.243 e. The summed E-state index contributed by atoms with van der Waals surface area (Å²) in [6, 6.07) is 8.69. The first-order chi connectivity index (χ1) is 11.0. The molecule has 0 radical (unpaired) electrons. The minimum Gasteiger partial charge on any atom is -0.353 e. The highest BCUT2D eigenvalue weighted by molar-refractivity contribution is 7.89. The van der Waals surface area contributed by atoms with Crippen molar-refractivity contribution in [2.75, 3.05) is 13.1 Å².